The Bertz CT molecular complexity index is 317. The van der Waals surface area contributed by atoms with E-state index < -0.39 is 0 Å². The molecule has 0 heterocycles. The molecule has 1 rings (SSSR count). The average molecular weight is 194 g/mol. The fourth-order valence-electron chi connectivity index (χ4n) is 1.20. The number of hydrogen-bond donors (Lipinski definition) is 1. The van der Waals surface area contributed by atoms with Gasteiger partial charge < -0.3 is 14.6 Å². The number of benzene rings is 1. The molecule has 0 saturated heterocycles. The Morgan fingerprint density at radius 3 is 2.00 bits per heavy atom. The van der Waals surface area contributed by atoms with Gasteiger partial charge >= 0.3 is 0 Å². The van der Waals surface area contributed by atoms with E-state index in [1.807, 2.05) is 19.1 Å². The Hall–Kier alpha value is -1.64. The summed E-state index contributed by atoms with van der Waals surface area (Å²) in [7, 11) is 3.02. The number of methoxy groups -OCH3 is 2. The van der Waals surface area contributed by atoms with Crippen LogP contribution < -0.4 is 9.47 Å². The van der Waals surface area contributed by atoms with Gasteiger partial charge in [-0.05, 0) is 24.6 Å². The Kier molecular flexibility index (Phi) is 3.40. The van der Waals surface area contributed by atoms with Gasteiger partial charge in [-0.3, -0.25) is 0 Å². The minimum atomic E-state index is 0.0308. The standard InChI is InChI=1S/C11H14O3/c1-4-5-8-6-9(13-2)11(12)10(7-8)14-3/h4-7,12H,1-3H3/b5-4-. The molecule has 0 aliphatic heterocycles. The summed E-state index contributed by atoms with van der Waals surface area (Å²) in [5.41, 5.74) is 0.930. The molecule has 0 radical (unpaired) electrons. The molecule has 0 aliphatic carbocycles. The van der Waals surface area contributed by atoms with Crippen molar-refractivity contribution in [3.05, 3.63) is 23.8 Å². The van der Waals surface area contributed by atoms with Crippen LogP contribution in [0.2, 0.25) is 0 Å². The highest BCUT2D eigenvalue weighted by Crippen LogP contribution is 2.37. The molecule has 0 aliphatic rings. The number of allylic oxidation sites excluding steroid dienone is 1. The van der Waals surface area contributed by atoms with Crippen LogP contribution in [-0.4, -0.2) is 19.3 Å². The zero-order valence-electron chi connectivity index (χ0n) is 8.57. The van der Waals surface area contributed by atoms with Crippen molar-refractivity contribution in [1.82, 2.24) is 0 Å². The van der Waals surface area contributed by atoms with Crippen LogP contribution in [0.1, 0.15) is 12.5 Å². The van der Waals surface area contributed by atoms with Crippen LogP contribution in [-0.2, 0) is 0 Å². The first-order valence-corrected chi connectivity index (χ1v) is 4.30. The maximum atomic E-state index is 9.61. The Labute approximate surface area is 83.6 Å². The number of ether oxygens (including phenoxy) is 2. The largest absolute Gasteiger partial charge is 0.502 e. The molecular formula is C11H14O3. The van der Waals surface area contributed by atoms with E-state index in [-0.39, 0.29) is 5.75 Å². The highest BCUT2D eigenvalue weighted by atomic mass is 16.5. The number of phenolic OH excluding ortho intramolecular Hbond substituents is 1. The van der Waals surface area contributed by atoms with Crippen molar-refractivity contribution in [2.75, 3.05) is 14.2 Å². The number of rotatable bonds is 3. The predicted octanol–water partition coefficient (Wildman–Crippen LogP) is 2.44. The third kappa shape index (κ3) is 1.99. The molecule has 1 aromatic carbocycles. The Morgan fingerprint density at radius 2 is 1.64 bits per heavy atom. The van der Waals surface area contributed by atoms with Gasteiger partial charge in [0.05, 0.1) is 14.2 Å². The van der Waals surface area contributed by atoms with E-state index in [1.165, 1.54) is 14.2 Å². The molecule has 0 saturated carbocycles. The van der Waals surface area contributed by atoms with Crippen molar-refractivity contribution in [1.29, 1.82) is 0 Å². The van der Waals surface area contributed by atoms with Crippen LogP contribution in [0, 0.1) is 0 Å². The SMILES string of the molecule is C/C=C\c1cc(OC)c(O)c(OC)c1. The second-order valence-electron chi connectivity index (χ2n) is 2.77. The van der Waals surface area contributed by atoms with Crippen LogP contribution >= 0.6 is 0 Å². The highest BCUT2D eigenvalue weighted by Gasteiger charge is 2.09. The van der Waals surface area contributed by atoms with E-state index >= 15 is 0 Å². The lowest BCUT2D eigenvalue weighted by Gasteiger charge is -2.09. The van der Waals surface area contributed by atoms with Gasteiger partial charge in [0.1, 0.15) is 0 Å². The summed E-state index contributed by atoms with van der Waals surface area (Å²) in [6, 6.07) is 3.50. The molecule has 0 unspecified atom stereocenters. The van der Waals surface area contributed by atoms with Gasteiger partial charge in [0, 0.05) is 0 Å². The molecule has 14 heavy (non-hydrogen) atoms. The van der Waals surface area contributed by atoms with E-state index in [2.05, 4.69) is 0 Å². The van der Waals surface area contributed by atoms with Gasteiger partial charge in [0.25, 0.3) is 0 Å². The van der Waals surface area contributed by atoms with Crippen LogP contribution in [0.4, 0.5) is 0 Å². The zero-order chi connectivity index (χ0) is 10.6. The summed E-state index contributed by atoms with van der Waals surface area (Å²) in [6.07, 6.45) is 3.82. The van der Waals surface area contributed by atoms with Gasteiger partial charge in [-0.25, -0.2) is 0 Å². The quantitative estimate of drug-likeness (QED) is 0.803. The first-order valence-electron chi connectivity index (χ1n) is 4.30. The highest BCUT2D eigenvalue weighted by molar-refractivity contribution is 5.61. The summed E-state index contributed by atoms with van der Waals surface area (Å²) in [6.45, 7) is 1.92. The van der Waals surface area contributed by atoms with Gasteiger partial charge in [-0.15, -0.1) is 0 Å². The second kappa shape index (κ2) is 4.56. The fraction of sp³-hybridized carbons (Fsp3) is 0.273. The Balaban J connectivity index is 3.24. The average Bonchev–Trinajstić information content (AvgIpc) is 2.20. The normalized spacial score (nSPS) is 10.5. The van der Waals surface area contributed by atoms with E-state index in [4.69, 9.17) is 9.47 Å². The summed E-state index contributed by atoms with van der Waals surface area (Å²) in [4.78, 5) is 0. The first kappa shape index (κ1) is 10.4. The van der Waals surface area contributed by atoms with E-state index in [0.717, 1.165) is 5.56 Å². The minimum absolute atomic E-state index is 0.0308. The van der Waals surface area contributed by atoms with Gasteiger partial charge in [-0.2, -0.15) is 0 Å². The first-order chi connectivity index (χ1) is 6.72. The molecule has 0 aromatic heterocycles. The molecule has 76 valence electrons. The van der Waals surface area contributed by atoms with E-state index in [0.29, 0.717) is 11.5 Å². The molecule has 3 heteroatoms. The van der Waals surface area contributed by atoms with Gasteiger partial charge in [0.15, 0.2) is 11.5 Å². The topological polar surface area (TPSA) is 38.7 Å². The molecular weight excluding hydrogens is 180 g/mol. The number of hydrogen-bond acceptors (Lipinski definition) is 3. The molecule has 0 bridgehead atoms. The third-order valence-electron chi connectivity index (χ3n) is 1.86. The number of aromatic hydroxyl groups is 1. The summed E-state index contributed by atoms with van der Waals surface area (Å²) in [5, 5.41) is 9.61. The lowest BCUT2D eigenvalue weighted by molar-refractivity contribution is 0.340. The maximum absolute atomic E-state index is 9.61. The molecule has 1 N–H and O–H groups in total. The third-order valence-corrected chi connectivity index (χ3v) is 1.86. The molecule has 1 aromatic rings. The van der Waals surface area contributed by atoms with Crippen LogP contribution in [0.15, 0.2) is 18.2 Å². The molecule has 0 atom stereocenters. The smallest absolute Gasteiger partial charge is 0.200 e. The molecule has 0 amide bonds. The van der Waals surface area contributed by atoms with Crippen molar-refractivity contribution in [3.8, 4) is 17.2 Å². The van der Waals surface area contributed by atoms with Crippen molar-refractivity contribution in [2.24, 2.45) is 0 Å². The predicted molar refractivity (Wildman–Crippen MR) is 55.9 cm³/mol. The molecule has 0 spiro atoms. The minimum Gasteiger partial charge on any atom is -0.502 e. The number of phenols is 1. The summed E-state index contributed by atoms with van der Waals surface area (Å²) in [5.74, 6) is 0.859. The van der Waals surface area contributed by atoms with Crippen molar-refractivity contribution >= 4 is 6.08 Å². The monoisotopic (exact) mass is 194 g/mol. The molecule has 3 nitrogen and oxygen atoms in total. The lowest BCUT2D eigenvalue weighted by atomic mass is 10.1. The van der Waals surface area contributed by atoms with E-state index in [1.54, 1.807) is 12.1 Å². The summed E-state index contributed by atoms with van der Waals surface area (Å²) >= 11 is 0. The lowest BCUT2D eigenvalue weighted by Crippen LogP contribution is -1.89. The van der Waals surface area contributed by atoms with Crippen molar-refractivity contribution < 1.29 is 14.6 Å². The Morgan fingerprint density at radius 1 is 1.14 bits per heavy atom. The van der Waals surface area contributed by atoms with E-state index in [9.17, 15) is 5.11 Å². The zero-order valence-corrected chi connectivity index (χ0v) is 8.57. The van der Waals surface area contributed by atoms with Crippen LogP contribution in [0.5, 0.6) is 17.2 Å². The second-order valence-corrected chi connectivity index (χ2v) is 2.77. The van der Waals surface area contributed by atoms with Crippen LogP contribution in [0.3, 0.4) is 0 Å². The van der Waals surface area contributed by atoms with Crippen LogP contribution in [0.25, 0.3) is 6.08 Å². The molecule has 0 fully saturated rings. The van der Waals surface area contributed by atoms with Gasteiger partial charge in [-0.1, -0.05) is 12.2 Å². The van der Waals surface area contributed by atoms with Gasteiger partial charge in [0.2, 0.25) is 5.75 Å². The van der Waals surface area contributed by atoms with Crippen molar-refractivity contribution in [3.63, 3.8) is 0 Å². The maximum Gasteiger partial charge on any atom is 0.200 e. The van der Waals surface area contributed by atoms with Crippen molar-refractivity contribution in [2.45, 2.75) is 6.92 Å². The summed E-state index contributed by atoms with van der Waals surface area (Å²) < 4.78 is 10.0. The fourth-order valence-corrected chi connectivity index (χ4v) is 1.20.